The van der Waals surface area contributed by atoms with Crippen LogP contribution in [0.25, 0.3) is 0 Å². The van der Waals surface area contributed by atoms with Gasteiger partial charge < -0.3 is 19.8 Å². The number of carbonyl (C=O) groups is 3. The third-order valence-corrected chi connectivity index (χ3v) is 4.05. The minimum Gasteiger partial charge on any atom is -0.479 e. The highest BCUT2D eigenvalue weighted by Gasteiger charge is 2.50. The number of halogens is 4. The molecule has 2 N–H and O–H groups in total. The molecular weight excluding hydrogens is 390 g/mol. The minimum absolute atomic E-state index is 0.0810. The number of carbonyl (C=O) groups excluding carboxylic acids is 1. The molecule has 1 aromatic rings. The number of ether oxygens (including phenoxy) is 1. The summed E-state index contributed by atoms with van der Waals surface area (Å²) in [6.07, 6.45) is -4.17. The quantitative estimate of drug-likeness (QED) is 0.741. The summed E-state index contributed by atoms with van der Waals surface area (Å²) in [5.74, 6) is -4.84. The lowest BCUT2D eigenvalue weighted by Crippen LogP contribution is -2.56. The molecule has 0 saturated carbocycles. The highest BCUT2D eigenvalue weighted by Crippen LogP contribution is 2.32. The van der Waals surface area contributed by atoms with Gasteiger partial charge in [0.1, 0.15) is 5.82 Å². The molecule has 1 unspecified atom stereocenters. The maximum atomic E-state index is 13.5. The smallest absolute Gasteiger partial charge is 0.479 e. The molecule has 1 aliphatic rings. The van der Waals surface area contributed by atoms with E-state index >= 15 is 0 Å². The van der Waals surface area contributed by atoms with E-state index in [1.54, 1.807) is 13.0 Å². The van der Waals surface area contributed by atoms with Crippen molar-refractivity contribution < 1.29 is 46.9 Å². The molecular formula is C17H19F4NO6. The Bertz CT molecular complexity index is 731. The van der Waals surface area contributed by atoms with Gasteiger partial charge in [-0.3, -0.25) is 4.79 Å². The number of nitrogens with zero attached hydrogens (tertiary/aromatic N) is 1. The number of carboxylic acids is 2. The molecule has 1 amide bonds. The second-order valence-electron chi connectivity index (χ2n) is 6.15. The first-order chi connectivity index (χ1) is 12.8. The van der Waals surface area contributed by atoms with Crippen LogP contribution < -0.4 is 0 Å². The Balaban J connectivity index is 0.000000480. The molecule has 0 aliphatic carbocycles. The largest absolute Gasteiger partial charge is 0.490 e. The van der Waals surface area contributed by atoms with Crippen molar-refractivity contribution in [2.75, 3.05) is 20.3 Å². The Hall–Kier alpha value is -2.69. The van der Waals surface area contributed by atoms with Crippen molar-refractivity contribution in [3.8, 4) is 0 Å². The van der Waals surface area contributed by atoms with Gasteiger partial charge in [0.25, 0.3) is 5.91 Å². The van der Waals surface area contributed by atoms with Crippen molar-refractivity contribution in [1.82, 2.24) is 4.90 Å². The first-order valence-corrected chi connectivity index (χ1v) is 7.97. The van der Waals surface area contributed by atoms with Gasteiger partial charge in [-0.05, 0) is 43.5 Å². The molecule has 0 radical (unpaired) electrons. The maximum absolute atomic E-state index is 13.5. The molecule has 1 saturated heterocycles. The molecule has 7 nitrogen and oxygen atoms in total. The van der Waals surface area contributed by atoms with Crippen LogP contribution in [0.3, 0.4) is 0 Å². The molecule has 0 aromatic heterocycles. The molecule has 0 spiro atoms. The van der Waals surface area contributed by atoms with Gasteiger partial charge in [0.15, 0.2) is 5.54 Å². The van der Waals surface area contributed by atoms with Gasteiger partial charge in [-0.1, -0.05) is 0 Å². The van der Waals surface area contributed by atoms with E-state index in [2.05, 4.69) is 0 Å². The Morgan fingerprint density at radius 2 is 1.79 bits per heavy atom. The lowest BCUT2D eigenvalue weighted by molar-refractivity contribution is -0.192. The Labute approximate surface area is 157 Å². The second-order valence-corrected chi connectivity index (χ2v) is 6.15. The van der Waals surface area contributed by atoms with E-state index in [1.807, 2.05) is 0 Å². The van der Waals surface area contributed by atoms with Crippen molar-refractivity contribution in [3.63, 3.8) is 0 Å². The van der Waals surface area contributed by atoms with Gasteiger partial charge in [0, 0.05) is 19.2 Å². The summed E-state index contributed by atoms with van der Waals surface area (Å²) in [6, 6.07) is 4.01. The fraction of sp³-hybridized carbons (Fsp3) is 0.471. The number of aryl methyl sites for hydroxylation is 1. The zero-order valence-electron chi connectivity index (χ0n) is 15.0. The van der Waals surface area contributed by atoms with Crippen LogP contribution in [0.15, 0.2) is 18.2 Å². The summed E-state index contributed by atoms with van der Waals surface area (Å²) in [4.78, 5) is 34.4. The van der Waals surface area contributed by atoms with E-state index in [9.17, 15) is 32.3 Å². The van der Waals surface area contributed by atoms with Crippen LogP contribution in [-0.4, -0.2) is 64.9 Å². The average Bonchev–Trinajstić information content (AvgIpc) is 2.98. The van der Waals surface area contributed by atoms with Gasteiger partial charge in [-0.15, -0.1) is 0 Å². The van der Waals surface area contributed by atoms with E-state index in [0.717, 1.165) is 6.07 Å². The number of alkyl halides is 3. The number of benzene rings is 1. The fourth-order valence-corrected chi connectivity index (χ4v) is 2.86. The predicted molar refractivity (Wildman–Crippen MR) is 87.3 cm³/mol. The standard InChI is InChI=1S/C15H18FNO4.C2HF3O2/c1-10-6-11(8-12(16)7-10)13(18)17-5-3-4-15(17,9-21-2)14(19)20;3-2(4,5)1(6)7/h6-8H,3-5,9H2,1-2H3,(H,19,20);(H,6,7). The van der Waals surface area contributed by atoms with Crippen LogP contribution in [0, 0.1) is 12.7 Å². The molecule has 1 heterocycles. The number of hydrogen-bond acceptors (Lipinski definition) is 4. The first kappa shape index (κ1) is 23.3. The van der Waals surface area contributed by atoms with Crippen molar-refractivity contribution in [1.29, 1.82) is 0 Å². The second kappa shape index (κ2) is 9.00. The molecule has 1 atom stereocenters. The average molecular weight is 409 g/mol. The summed E-state index contributed by atoms with van der Waals surface area (Å²) >= 11 is 0. The van der Waals surface area contributed by atoms with Crippen LogP contribution >= 0.6 is 0 Å². The molecule has 2 rings (SSSR count). The summed E-state index contributed by atoms with van der Waals surface area (Å²) < 4.78 is 50.2. The maximum Gasteiger partial charge on any atom is 0.490 e. The van der Waals surface area contributed by atoms with E-state index in [-0.39, 0.29) is 12.2 Å². The van der Waals surface area contributed by atoms with E-state index in [1.165, 1.54) is 18.1 Å². The number of rotatable bonds is 4. The third-order valence-electron chi connectivity index (χ3n) is 4.05. The van der Waals surface area contributed by atoms with Gasteiger partial charge in [-0.25, -0.2) is 14.0 Å². The summed E-state index contributed by atoms with van der Waals surface area (Å²) in [7, 11) is 1.40. The number of hydrogen-bond donors (Lipinski definition) is 2. The SMILES string of the molecule is COCC1(C(=O)O)CCCN1C(=O)c1cc(C)cc(F)c1.O=C(O)C(F)(F)F. The summed E-state index contributed by atoms with van der Waals surface area (Å²) in [5.41, 5.74) is -0.590. The van der Waals surface area contributed by atoms with Crippen LogP contribution in [0.2, 0.25) is 0 Å². The molecule has 1 aliphatic heterocycles. The van der Waals surface area contributed by atoms with Gasteiger partial charge >= 0.3 is 18.1 Å². The fourth-order valence-electron chi connectivity index (χ4n) is 2.86. The van der Waals surface area contributed by atoms with E-state index in [4.69, 9.17) is 14.6 Å². The highest BCUT2D eigenvalue weighted by molar-refractivity contribution is 5.98. The van der Waals surface area contributed by atoms with E-state index in [0.29, 0.717) is 24.9 Å². The lowest BCUT2D eigenvalue weighted by atomic mass is 9.96. The Morgan fingerprint density at radius 1 is 1.21 bits per heavy atom. The van der Waals surface area contributed by atoms with Crippen LogP contribution in [0.5, 0.6) is 0 Å². The molecule has 156 valence electrons. The number of methoxy groups -OCH3 is 1. The van der Waals surface area contributed by atoms with Crippen molar-refractivity contribution in [2.24, 2.45) is 0 Å². The number of likely N-dealkylation sites (tertiary alicyclic amines) is 1. The number of aliphatic carboxylic acids is 2. The van der Waals surface area contributed by atoms with Crippen LogP contribution in [0.4, 0.5) is 17.6 Å². The molecule has 1 aromatic carbocycles. The molecule has 11 heteroatoms. The number of carboxylic acid groups (broad SMARTS) is 2. The van der Waals surface area contributed by atoms with Gasteiger partial charge in [0.2, 0.25) is 0 Å². The summed E-state index contributed by atoms with van der Waals surface area (Å²) in [6.45, 7) is 1.93. The van der Waals surface area contributed by atoms with Crippen molar-refractivity contribution in [3.05, 3.63) is 35.1 Å². The van der Waals surface area contributed by atoms with Gasteiger partial charge in [-0.2, -0.15) is 13.2 Å². The van der Waals surface area contributed by atoms with Gasteiger partial charge in [0.05, 0.1) is 6.61 Å². The van der Waals surface area contributed by atoms with Crippen molar-refractivity contribution >= 4 is 17.8 Å². The topological polar surface area (TPSA) is 104 Å². The highest BCUT2D eigenvalue weighted by atomic mass is 19.4. The van der Waals surface area contributed by atoms with Crippen LogP contribution in [0.1, 0.15) is 28.8 Å². The van der Waals surface area contributed by atoms with Crippen molar-refractivity contribution in [2.45, 2.75) is 31.5 Å². The monoisotopic (exact) mass is 409 g/mol. The normalized spacial score (nSPS) is 19.0. The number of amides is 1. The summed E-state index contributed by atoms with van der Waals surface area (Å²) in [5, 5.41) is 16.6. The first-order valence-electron chi connectivity index (χ1n) is 7.97. The van der Waals surface area contributed by atoms with Crippen LogP contribution in [-0.2, 0) is 14.3 Å². The predicted octanol–water partition coefficient (Wildman–Crippen LogP) is 2.47. The lowest BCUT2D eigenvalue weighted by Gasteiger charge is -2.34. The van der Waals surface area contributed by atoms with E-state index < -0.39 is 35.4 Å². The molecule has 1 fully saturated rings. The molecule has 28 heavy (non-hydrogen) atoms. The minimum atomic E-state index is -5.08. The Morgan fingerprint density at radius 3 is 2.21 bits per heavy atom. The molecule has 0 bridgehead atoms. The zero-order valence-corrected chi connectivity index (χ0v) is 15.0. The Kier molecular flexibility index (Phi) is 7.51. The zero-order chi connectivity index (χ0) is 21.7. The third kappa shape index (κ3) is 5.41.